The van der Waals surface area contributed by atoms with Crippen LogP contribution in [0.25, 0.3) is 10.9 Å². The number of ether oxygens (including phenoxy) is 1. The number of nitrogens with zero attached hydrogens (tertiary/aromatic N) is 4. The van der Waals surface area contributed by atoms with E-state index in [9.17, 15) is 19.8 Å². The normalized spacial score (nSPS) is 16.4. The number of piperazine rings is 1. The van der Waals surface area contributed by atoms with Crippen molar-refractivity contribution in [3.8, 4) is 5.75 Å². The molecule has 1 fully saturated rings. The molecule has 1 saturated heterocycles. The van der Waals surface area contributed by atoms with Crippen LogP contribution in [0.2, 0.25) is 0 Å². The lowest BCUT2D eigenvalue weighted by atomic mass is 10.1. The molecule has 0 aliphatic carbocycles. The fourth-order valence-corrected chi connectivity index (χ4v) is 4.27. The van der Waals surface area contributed by atoms with Gasteiger partial charge in [0.1, 0.15) is 24.5 Å². The summed E-state index contributed by atoms with van der Waals surface area (Å²) in [5, 5.41) is 23.5. The highest BCUT2D eigenvalue weighted by molar-refractivity contribution is 5.85. The zero-order chi connectivity index (χ0) is 25.3. The average Bonchev–Trinajstić information content (AvgIpc) is 2.89. The van der Waals surface area contributed by atoms with Crippen LogP contribution in [0.1, 0.15) is 5.56 Å². The van der Waals surface area contributed by atoms with Gasteiger partial charge in [0, 0.05) is 63.1 Å². The van der Waals surface area contributed by atoms with Crippen LogP contribution >= 0.6 is 0 Å². The molecule has 0 spiro atoms. The first kappa shape index (κ1) is 25.5. The average molecular weight is 494 g/mol. The van der Waals surface area contributed by atoms with Crippen molar-refractivity contribution in [2.45, 2.75) is 18.6 Å². The van der Waals surface area contributed by atoms with E-state index in [4.69, 9.17) is 4.74 Å². The fourth-order valence-electron chi connectivity index (χ4n) is 4.27. The van der Waals surface area contributed by atoms with Crippen molar-refractivity contribution >= 4 is 22.8 Å². The van der Waals surface area contributed by atoms with E-state index in [0.29, 0.717) is 38.5 Å². The molecule has 0 radical (unpaired) electrons. The third-order valence-electron chi connectivity index (χ3n) is 6.13. The summed E-state index contributed by atoms with van der Waals surface area (Å²) in [7, 11) is 0. The van der Waals surface area contributed by atoms with Crippen molar-refractivity contribution in [3.63, 3.8) is 0 Å². The summed E-state index contributed by atoms with van der Waals surface area (Å²) in [4.78, 5) is 36.5. The molecule has 1 aliphatic heterocycles. The molecule has 4 rings (SSSR count). The first-order valence-corrected chi connectivity index (χ1v) is 12.0. The topological polar surface area (TPSA) is 128 Å². The van der Waals surface area contributed by atoms with Crippen LogP contribution < -0.4 is 10.1 Å². The molecule has 2 atom stereocenters. The van der Waals surface area contributed by atoms with Gasteiger partial charge in [-0.1, -0.05) is 12.1 Å². The third kappa shape index (κ3) is 7.20. The number of rotatable bonds is 11. The van der Waals surface area contributed by atoms with Crippen LogP contribution in [0, 0.1) is 0 Å². The van der Waals surface area contributed by atoms with Crippen molar-refractivity contribution in [1.82, 2.24) is 25.1 Å². The van der Waals surface area contributed by atoms with Crippen LogP contribution in [0.4, 0.5) is 0 Å². The number of aliphatic carboxylic acids is 1. The number of aromatic nitrogens is 2. The molecular weight excluding hydrogens is 462 g/mol. The molecule has 1 aromatic carbocycles. The molecule has 10 nitrogen and oxygen atoms in total. The summed E-state index contributed by atoms with van der Waals surface area (Å²) in [6.45, 7) is 3.46. The highest BCUT2D eigenvalue weighted by Gasteiger charge is 2.24. The molecule has 0 bridgehead atoms. The Morgan fingerprint density at radius 1 is 1.03 bits per heavy atom. The minimum atomic E-state index is -1.08. The number of hydrogen-bond acceptors (Lipinski definition) is 8. The maximum atomic E-state index is 12.5. The summed E-state index contributed by atoms with van der Waals surface area (Å²) in [6, 6.07) is 12.0. The molecule has 2 unspecified atom stereocenters. The summed E-state index contributed by atoms with van der Waals surface area (Å²) < 4.78 is 5.86. The summed E-state index contributed by atoms with van der Waals surface area (Å²) in [5.41, 5.74) is 1.59. The van der Waals surface area contributed by atoms with Crippen LogP contribution in [-0.4, -0.2) is 99.9 Å². The van der Waals surface area contributed by atoms with Crippen LogP contribution in [0.3, 0.4) is 0 Å². The standard InChI is InChI=1S/C26H31N5O5/c32-20(18-36-24-7-1-6-22-21(24)5-3-9-28-22)16-30-10-12-31(13-11-30)17-25(33)29-23(26(34)35)14-19-4-2-8-27-15-19/h1-9,15,20,23,32H,10-14,16-18H2,(H,29,33)(H,34,35). The number of fused-ring (bicyclic) bond motifs is 1. The highest BCUT2D eigenvalue weighted by atomic mass is 16.5. The Bertz CT molecular complexity index is 1150. The monoisotopic (exact) mass is 493 g/mol. The molecule has 1 aliphatic rings. The molecule has 36 heavy (non-hydrogen) atoms. The van der Waals surface area contributed by atoms with Crippen molar-refractivity contribution < 1.29 is 24.5 Å². The van der Waals surface area contributed by atoms with Gasteiger partial charge in [0.15, 0.2) is 0 Å². The molecule has 3 aromatic rings. The number of β-amino-alcohol motifs (C(OH)–C–C–N with tert-alkyl or cyclic N) is 1. The van der Waals surface area contributed by atoms with Gasteiger partial charge in [-0.15, -0.1) is 0 Å². The summed E-state index contributed by atoms with van der Waals surface area (Å²) >= 11 is 0. The van der Waals surface area contributed by atoms with Crippen molar-refractivity contribution in [1.29, 1.82) is 0 Å². The van der Waals surface area contributed by atoms with Crippen molar-refractivity contribution in [3.05, 3.63) is 66.6 Å². The summed E-state index contributed by atoms with van der Waals surface area (Å²) in [6.07, 6.45) is 4.47. The Kier molecular flexibility index (Phi) is 8.77. The summed E-state index contributed by atoms with van der Waals surface area (Å²) in [5.74, 6) is -0.704. The molecule has 2 aromatic heterocycles. The van der Waals surface area contributed by atoms with E-state index in [2.05, 4.69) is 20.2 Å². The lowest BCUT2D eigenvalue weighted by Crippen LogP contribution is -2.53. The number of amides is 1. The minimum absolute atomic E-state index is 0.130. The Labute approximate surface area is 209 Å². The lowest BCUT2D eigenvalue weighted by Gasteiger charge is -2.35. The van der Waals surface area contributed by atoms with E-state index in [0.717, 1.165) is 16.5 Å². The number of benzene rings is 1. The number of aliphatic hydroxyl groups is 1. The minimum Gasteiger partial charge on any atom is -0.490 e. The van der Waals surface area contributed by atoms with Gasteiger partial charge in [0.05, 0.1) is 12.1 Å². The molecule has 0 saturated carbocycles. The number of carboxylic acid groups (broad SMARTS) is 1. The van der Waals surface area contributed by atoms with E-state index in [1.807, 2.05) is 35.2 Å². The fraction of sp³-hybridized carbons (Fsp3) is 0.385. The smallest absolute Gasteiger partial charge is 0.326 e. The van der Waals surface area contributed by atoms with Gasteiger partial charge < -0.3 is 20.3 Å². The van der Waals surface area contributed by atoms with Crippen LogP contribution in [0.15, 0.2) is 61.1 Å². The predicted octanol–water partition coefficient (Wildman–Crippen LogP) is 0.799. The Hall–Kier alpha value is -3.60. The first-order chi connectivity index (χ1) is 17.5. The second-order valence-electron chi connectivity index (χ2n) is 8.89. The number of hydrogen-bond donors (Lipinski definition) is 3. The largest absolute Gasteiger partial charge is 0.490 e. The van der Waals surface area contributed by atoms with Crippen LogP contribution in [0.5, 0.6) is 5.75 Å². The molecule has 3 N–H and O–H groups in total. The van der Waals surface area contributed by atoms with Gasteiger partial charge in [0.2, 0.25) is 5.91 Å². The van der Waals surface area contributed by atoms with Gasteiger partial charge in [-0.2, -0.15) is 0 Å². The van der Waals surface area contributed by atoms with Gasteiger partial charge in [-0.3, -0.25) is 24.6 Å². The van der Waals surface area contributed by atoms with Crippen molar-refractivity contribution in [2.24, 2.45) is 0 Å². The van der Waals surface area contributed by atoms with Crippen LogP contribution in [-0.2, 0) is 16.0 Å². The Morgan fingerprint density at radius 2 is 1.81 bits per heavy atom. The predicted molar refractivity (Wildman–Crippen MR) is 134 cm³/mol. The lowest BCUT2D eigenvalue weighted by molar-refractivity contribution is -0.142. The number of carbonyl (C=O) groups is 2. The Morgan fingerprint density at radius 3 is 2.56 bits per heavy atom. The third-order valence-corrected chi connectivity index (χ3v) is 6.13. The first-order valence-electron chi connectivity index (χ1n) is 12.0. The zero-order valence-corrected chi connectivity index (χ0v) is 20.0. The number of pyridine rings is 2. The van der Waals surface area contributed by atoms with Crippen molar-refractivity contribution in [2.75, 3.05) is 45.9 Å². The number of carboxylic acids is 1. The van der Waals surface area contributed by atoms with E-state index in [1.165, 1.54) is 0 Å². The second kappa shape index (κ2) is 12.4. The van der Waals surface area contributed by atoms with Gasteiger partial charge in [0.25, 0.3) is 0 Å². The SMILES string of the molecule is O=C(CN1CCN(CC(O)COc2cccc3ncccc23)CC1)NC(Cc1cccnc1)C(=O)O. The zero-order valence-electron chi connectivity index (χ0n) is 20.0. The molecule has 1 amide bonds. The number of carbonyl (C=O) groups excluding carboxylic acids is 1. The second-order valence-corrected chi connectivity index (χ2v) is 8.89. The van der Waals surface area contributed by atoms with E-state index in [1.54, 1.807) is 30.7 Å². The number of nitrogens with one attached hydrogen (secondary N) is 1. The van der Waals surface area contributed by atoms with E-state index >= 15 is 0 Å². The van der Waals surface area contributed by atoms with Gasteiger partial charge in [-0.25, -0.2) is 4.79 Å². The maximum Gasteiger partial charge on any atom is 0.326 e. The molecule has 190 valence electrons. The molecule has 10 heteroatoms. The molecular formula is C26H31N5O5. The van der Waals surface area contributed by atoms with Gasteiger partial charge in [-0.05, 0) is 35.9 Å². The number of aliphatic hydroxyl groups excluding tert-OH is 1. The quantitative estimate of drug-likeness (QED) is 0.355. The van der Waals surface area contributed by atoms with E-state index in [-0.39, 0.29) is 25.5 Å². The highest BCUT2D eigenvalue weighted by Crippen LogP contribution is 2.23. The Balaban J connectivity index is 1.18. The van der Waals surface area contributed by atoms with E-state index < -0.39 is 18.1 Å². The molecule has 3 heterocycles. The maximum absolute atomic E-state index is 12.5. The van der Waals surface area contributed by atoms with Gasteiger partial charge >= 0.3 is 5.97 Å².